The summed E-state index contributed by atoms with van der Waals surface area (Å²) in [5, 5.41) is 2.46. The monoisotopic (exact) mass is 374 g/mol. The van der Waals surface area contributed by atoms with E-state index in [-0.39, 0.29) is 11.0 Å². The fraction of sp³-hybridized carbons (Fsp3) is 0.545. The second kappa shape index (κ2) is 5.51. The number of pyridine rings is 1. The Morgan fingerprint density at radius 1 is 1.35 bits per heavy atom. The summed E-state index contributed by atoms with van der Waals surface area (Å²) in [5.74, 6) is -0.391. The molecule has 9 heteroatoms. The van der Waals surface area contributed by atoms with Crippen molar-refractivity contribution < 1.29 is 21.6 Å². The van der Waals surface area contributed by atoms with E-state index in [9.17, 15) is 21.6 Å². The second-order valence-electron chi connectivity index (χ2n) is 4.93. The van der Waals surface area contributed by atoms with Gasteiger partial charge in [0.05, 0.1) is 10.3 Å². The van der Waals surface area contributed by atoms with Crippen molar-refractivity contribution in [1.29, 1.82) is 0 Å². The van der Waals surface area contributed by atoms with Gasteiger partial charge in [0.25, 0.3) is 0 Å². The first-order valence-corrected chi connectivity index (χ1v) is 8.19. The molecule has 0 saturated heterocycles. The molecule has 0 aliphatic carbocycles. The van der Waals surface area contributed by atoms with Crippen LogP contribution in [0.15, 0.2) is 16.7 Å². The molecule has 0 atom stereocenters. The molecular weight excluding hydrogens is 361 g/mol. The Morgan fingerprint density at radius 3 is 2.35 bits per heavy atom. The van der Waals surface area contributed by atoms with Crippen LogP contribution in [-0.2, 0) is 16.0 Å². The molecule has 0 aromatic carbocycles. The van der Waals surface area contributed by atoms with Gasteiger partial charge in [-0.3, -0.25) is 0 Å². The van der Waals surface area contributed by atoms with E-state index in [4.69, 9.17) is 0 Å². The molecule has 0 spiro atoms. The minimum absolute atomic E-state index is 0.177. The molecule has 20 heavy (non-hydrogen) atoms. The van der Waals surface area contributed by atoms with Crippen molar-refractivity contribution >= 4 is 31.6 Å². The number of nitrogens with one attached hydrogen (secondary N) is 1. The Kier molecular flexibility index (Phi) is 4.75. The molecule has 114 valence electrons. The highest BCUT2D eigenvalue weighted by molar-refractivity contribution is 9.10. The third-order valence-corrected chi connectivity index (χ3v) is 5.43. The summed E-state index contributed by atoms with van der Waals surface area (Å²) in [7, 11) is -3.41. The maximum absolute atomic E-state index is 12.9. The van der Waals surface area contributed by atoms with Gasteiger partial charge in [-0.1, -0.05) is 0 Å². The maximum Gasteiger partial charge on any atom is 0.419 e. The van der Waals surface area contributed by atoms with E-state index in [1.807, 2.05) is 0 Å². The number of sulfone groups is 1. The topological polar surface area (TPSA) is 59.1 Å². The van der Waals surface area contributed by atoms with E-state index in [0.29, 0.717) is 0 Å². The van der Waals surface area contributed by atoms with Crippen LogP contribution in [0.4, 0.5) is 19.0 Å². The molecule has 0 saturated carbocycles. The van der Waals surface area contributed by atoms with Crippen LogP contribution in [0, 0.1) is 0 Å². The zero-order valence-corrected chi connectivity index (χ0v) is 13.4. The molecule has 4 nitrogen and oxygen atoms in total. The zero-order chi connectivity index (χ0) is 15.8. The molecule has 1 heterocycles. The third kappa shape index (κ3) is 4.08. The predicted octanol–water partition coefficient (Wildman–Crippen LogP) is 3.10. The van der Waals surface area contributed by atoms with Crippen LogP contribution in [0.5, 0.6) is 0 Å². The number of anilines is 1. The standard InChI is InChI=1S/C11H14BrF3N2O2S/c1-10(2,20(3,18)19)6-17-9-8(11(13,14)15)4-7(12)5-16-9/h4-5H,6H2,1-3H3,(H,16,17). The number of alkyl halides is 3. The molecule has 0 aliphatic rings. The third-order valence-electron chi connectivity index (χ3n) is 2.85. The van der Waals surface area contributed by atoms with Crippen molar-refractivity contribution in [3.63, 3.8) is 0 Å². The first-order valence-electron chi connectivity index (χ1n) is 5.51. The van der Waals surface area contributed by atoms with Crippen molar-refractivity contribution in [2.24, 2.45) is 0 Å². The molecule has 1 aromatic rings. The van der Waals surface area contributed by atoms with Gasteiger partial charge in [0.15, 0.2) is 9.84 Å². The van der Waals surface area contributed by atoms with E-state index >= 15 is 0 Å². The van der Waals surface area contributed by atoms with E-state index in [0.717, 1.165) is 12.3 Å². The van der Waals surface area contributed by atoms with Crippen LogP contribution in [0.3, 0.4) is 0 Å². The summed E-state index contributed by atoms with van der Waals surface area (Å²) in [6, 6.07) is 0.892. The molecule has 0 unspecified atom stereocenters. The van der Waals surface area contributed by atoms with Crippen LogP contribution in [0.1, 0.15) is 19.4 Å². The average molecular weight is 375 g/mol. The van der Waals surface area contributed by atoms with Crippen molar-refractivity contribution in [1.82, 2.24) is 4.98 Å². The van der Waals surface area contributed by atoms with Crippen molar-refractivity contribution in [2.45, 2.75) is 24.8 Å². The van der Waals surface area contributed by atoms with Gasteiger partial charge >= 0.3 is 6.18 Å². The fourth-order valence-corrected chi connectivity index (χ4v) is 1.89. The van der Waals surface area contributed by atoms with Crippen LogP contribution in [-0.4, -0.2) is 30.9 Å². The number of rotatable bonds is 4. The Balaban J connectivity index is 3.06. The van der Waals surface area contributed by atoms with E-state index in [1.165, 1.54) is 20.0 Å². The molecule has 1 aromatic heterocycles. The van der Waals surface area contributed by atoms with Gasteiger partial charge in [0.1, 0.15) is 5.82 Å². The minimum atomic E-state index is -4.58. The quantitative estimate of drug-likeness (QED) is 0.879. The molecular formula is C11H14BrF3N2O2S. The minimum Gasteiger partial charge on any atom is -0.368 e. The maximum atomic E-state index is 12.9. The Morgan fingerprint density at radius 2 is 1.90 bits per heavy atom. The van der Waals surface area contributed by atoms with E-state index < -0.39 is 32.1 Å². The largest absolute Gasteiger partial charge is 0.419 e. The number of nitrogens with zero attached hydrogens (tertiary/aromatic N) is 1. The van der Waals surface area contributed by atoms with Crippen LogP contribution < -0.4 is 5.32 Å². The first-order chi connectivity index (χ1) is 8.84. The summed E-state index contributed by atoms with van der Waals surface area (Å²) >= 11 is 2.92. The Hall–Kier alpha value is -0.830. The number of hydrogen-bond acceptors (Lipinski definition) is 4. The molecule has 1 N–H and O–H groups in total. The van der Waals surface area contributed by atoms with Crippen LogP contribution in [0.2, 0.25) is 0 Å². The molecule has 0 bridgehead atoms. The molecule has 0 aliphatic heterocycles. The lowest BCUT2D eigenvalue weighted by atomic mass is 10.2. The summed E-state index contributed by atoms with van der Waals surface area (Å²) in [6.45, 7) is 2.69. The van der Waals surface area contributed by atoms with Crippen molar-refractivity contribution in [3.8, 4) is 0 Å². The van der Waals surface area contributed by atoms with Crippen molar-refractivity contribution in [3.05, 3.63) is 22.3 Å². The van der Waals surface area contributed by atoms with Gasteiger partial charge < -0.3 is 5.32 Å². The number of hydrogen-bond donors (Lipinski definition) is 1. The molecule has 0 fully saturated rings. The lowest BCUT2D eigenvalue weighted by Gasteiger charge is -2.24. The average Bonchev–Trinajstić information content (AvgIpc) is 2.24. The highest BCUT2D eigenvalue weighted by Crippen LogP contribution is 2.35. The van der Waals surface area contributed by atoms with Crippen LogP contribution in [0.25, 0.3) is 0 Å². The van der Waals surface area contributed by atoms with Gasteiger partial charge in [-0.2, -0.15) is 13.2 Å². The SMILES string of the molecule is CC(C)(CNc1ncc(Br)cc1C(F)(F)F)S(C)(=O)=O. The highest BCUT2D eigenvalue weighted by atomic mass is 79.9. The summed E-state index contributed by atoms with van der Waals surface area (Å²) in [6.07, 6.45) is -2.33. The van der Waals surface area contributed by atoms with Gasteiger partial charge in [-0.15, -0.1) is 0 Å². The van der Waals surface area contributed by atoms with Gasteiger partial charge in [-0.05, 0) is 35.8 Å². The lowest BCUT2D eigenvalue weighted by molar-refractivity contribution is -0.137. The van der Waals surface area contributed by atoms with Crippen LogP contribution >= 0.6 is 15.9 Å². The summed E-state index contributed by atoms with van der Waals surface area (Å²) in [5.41, 5.74) is -0.948. The van der Waals surface area contributed by atoms with Crippen molar-refractivity contribution in [2.75, 3.05) is 18.1 Å². The molecule has 0 radical (unpaired) electrons. The number of halogens is 4. The zero-order valence-electron chi connectivity index (χ0n) is 11.0. The van der Waals surface area contributed by atoms with Gasteiger partial charge in [-0.25, -0.2) is 13.4 Å². The number of aromatic nitrogens is 1. The van der Waals surface area contributed by atoms with E-state index in [1.54, 1.807) is 0 Å². The lowest BCUT2D eigenvalue weighted by Crippen LogP contribution is -2.38. The predicted molar refractivity (Wildman–Crippen MR) is 74.4 cm³/mol. The fourth-order valence-electron chi connectivity index (χ4n) is 1.22. The molecule has 1 rings (SSSR count). The molecule has 0 amide bonds. The van der Waals surface area contributed by atoms with E-state index in [2.05, 4.69) is 26.2 Å². The second-order valence-corrected chi connectivity index (χ2v) is 8.50. The Labute approximate surface area is 123 Å². The van der Waals surface area contributed by atoms with Gasteiger partial charge in [0.2, 0.25) is 0 Å². The smallest absolute Gasteiger partial charge is 0.368 e. The first kappa shape index (κ1) is 17.2. The Bertz CT molecular complexity index is 600. The normalized spacial score (nSPS) is 13.3. The summed E-state index contributed by atoms with van der Waals surface area (Å²) in [4.78, 5) is 3.66. The highest BCUT2D eigenvalue weighted by Gasteiger charge is 2.36. The van der Waals surface area contributed by atoms with Gasteiger partial charge in [0, 0.05) is 23.5 Å². The summed E-state index contributed by atoms with van der Waals surface area (Å²) < 4.78 is 60.6.